The molecule has 0 aliphatic carbocycles. The summed E-state index contributed by atoms with van der Waals surface area (Å²) in [7, 11) is 0. The number of aliphatic imine (C=N–C) groups is 1. The van der Waals surface area contributed by atoms with Gasteiger partial charge in [-0.3, -0.25) is 5.32 Å². The van der Waals surface area contributed by atoms with E-state index in [1.54, 1.807) is 0 Å². The van der Waals surface area contributed by atoms with E-state index in [0.717, 1.165) is 88.7 Å². The third-order valence-corrected chi connectivity index (χ3v) is 12.2. The molecule has 5 heteroatoms. The molecule has 0 saturated heterocycles. The first kappa shape index (κ1) is 35.9. The molecule has 62 heavy (non-hydrogen) atoms. The maximum atomic E-state index is 6.59. The Morgan fingerprint density at radius 3 is 1.50 bits per heavy atom. The van der Waals surface area contributed by atoms with E-state index in [2.05, 4.69) is 211 Å². The van der Waals surface area contributed by atoms with Gasteiger partial charge >= 0.3 is 0 Å². The van der Waals surface area contributed by atoms with E-state index in [1.165, 1.54) is 22.3 Å². The zero-order valence-corrected chi connectivity index (χ0v) is 33.6. The zero-order valence-electron chi connectivity index (χ0n) is 33.6. The van der Waals surface area contributed by atoms with Crippen molar-refractivity contribution < 1.29 is 8.83 Å². The maximum Gasteiger partial charge on any atom is 0.136 e. The molecule has 11 aromatic rings. The van der Waals surface area contributed by atoms with E-state index in [9.17, 15) is 0 Å². The van der Waals surface area contributed by atoms with Crippen molar-refractivity contribution in [1.29, 1.82) is 0 Å². The molecule has 0 amide bonds. The van der Waals surface area contributed by atoms with Crippen LogP contribution >= 0.6 is 0 Å². The first-order valence-corrected chi connectivity index (χ1v) is 21.1. The van der Waals surface area contributed by atoms with Crippen molar-refractivity contribution >= 4 is 49.7 Å². The summed E-state index contributed by atoms with van der Waals surface area (Å²) in [6.45, 7) is 0. The molecule has 5 nitrogen and oxygen atoms in total. The van der Waals surface area contributed by atoms with Gasteiger partial charge in [0, 0.05) is 32.7 Å². The van der Waals surface area contributed by atoms with E-state index < -0.39 is 0 Å². The Hall–Kier alpha value is -7.99. The summed E-state index contributed by atoms with van der Waals surface area (Å²) in [6.07, 6.45) is -0.537. The van der Waals surface area contributed by atoms with Crippen LogP contribution in [-0.4, -0.2) is 5.84 Å². The molecule has 1 aliphatic rings. The second kappa shape index (κ2) is 14.9. The molecule has 2 aromatic heterocycles. The number of fused-ring (bicyclic) bond motifs is 6. The average molecular weight is 798 g/mol. The first-order valence-electron chi connectivity index (χ1n) is 21.1. The summed E-state index contributed by atoms with van der Waals surface area (Å²) in [5.41, 5.74) is 15.9. The molecule has 0 spiro atoms. The lowest BCUT2D eigenvalue weighted by atomic mass is 9.95. The van der Waals surface area contributed by atoms with E-state index in [-0.39, 0.29) is 12.3 Å². The Labute approximate surface area is 358 Å². The summed E-state index contributed by atoms with van der Waals surface area (Å²) in [5, 5.41) is 11.9. The van der Waals surface area contributed by atoms with Gasteiger partial charge in [-0.2, -0.15) is 0 Å². The average Bonchev–Trinajstić information content (AvgIpc) is 3.93. The monoisotopic (exact) mass is 797 g/mol. The van der Waals surface area contributed by atoms with Crippen LogP contribution in [0.3, 0.4) is 0 Å². The summed E-state index contributed by atoms with van der Waals surface area (Å²) < 4.78 is 13.1. The van der Waals surface area contributed by atoms with Gasteiger partial charge < -0.3 is 14.2 Å². The van der Waals surface area contributed by atoms with Crippen LogP contribution in [0.25, 0.3) is 88.4 Å². The standard InChI is InChI=1S/C57H39N3O2/c1-4-12-36(13-5-1)38-22-24-40(25-23-38)43-30-32-49-47(34-43)53-45(18-10-20-51(53)61-49)44-31-33-50-48(35-44)54-46(19-11-21-52(54)62-50)57-59-55(41-16-8-3-9-17-41)58-56(60-57)42-28-26-39(27-29-42)37-14-6-2-7-15-37/h1-35,55,57,59H,(H,58,60). The highest BCUT2D eigenvalue weighted by atomic mass is 16.3. The molecule has 9 aromatic carbocycles. The Balaban J connectivity index is 0.941. The van der Waals surface area contributed by atoms with Gasteiger partial charge in [0.1, 0.15) is 40.5 Å². The van der Waals surface area contributed by atoms with Crippen molar-refractivity contribution in [1.82, 2.24) is 10.6 Å². The predicted molar refractivity (Wildman–Crippen MR) is 254 cm³/mol. The number of furan rings is 2. The van der Waals surface area contributed by atoms with E-state index in [4.69, 9.17) is 13.8 Å². The fraction of sp³-hybridized carbons (Fsp3) is 0.0351. The van der Waals surface area contributed by atoms with Gasteiger partial charge in [0.25, 0.3) is 0 Å². The normalized spacial score (nSPS) is 15.3. The molecule has 294 valence electrons. The van der Waals surface area contributed by atoms with Crippen LogP contribution in [-0.2, 0) is 0 Å². The highest BCUT2D eigenvalue weighted by molar-refractivity contribution is 6.15. The van der Waals surface area contributed by atoms with Crippen LogP contribution in [0, 0.1) is 0 Å². The highest BCUT2D eigenvalue weighted by Gasteiger charge is 2.28. The lowest BCUT2D eigenvalue weighted by Crippen LogP contribution is -2.45. The second-order valence-corrected chi connectivity index (χ2v) is 15.9. The highest BCUT2D eigenvalue weighted by Crippen LogP contribution is 2.42. The minimum atomic E-state index is -0.270. The van der Waals surface area contributed by atoms with E-state index in [1.807, 2.05) is 12.1 Å². The van der Waals surface area contributed by atoms with Crippen molar-refractivity contribution in [2.45, 2.75) is 12.3 Å². The van der Waals surface area contributed by atoms with E-state index in [0.29, 0.717) is 0 Å². The van der Waals surface area contributed by atoms with Crippen molar-refractivity contribution in [3.63, 3.8) is 0 Å². The molecule has 2 atom stereocenters. The fourth-order valence-corrected chi connectivity index (χ4v) is 9.12. The van der Waals surface area contributed by atoms with Gasteiger partial charge in [0.2, 0.25) is 0 Å². The van der Waals surface area contributed by atoms with Crippen LogP contribution in [0.15, 0.2) is 226 Å². The third kappa shape index (κ3) is 6.35. The van der Waals surface area contributed by atoms with Gasteiger partial charge in [0.05, 0.1) is 0 Å². The van der Waals surface area contributed by atoms with Crippen LogP contribution in [0.4, 0.5) is 0 Å². The molecule has 1 aliphatic heterocycles. The Bertz CT molecular complexity index is 3440. The van der Waals surface area contributed by atoms with Crippen molar-refractivity contribution in [2.75, 3.05) is 0 Å². The van der Waals surface area contributed by atoms with E-state index >= 15 is 0 Å². The quantitative estimate of drug-likeness (QED) is 0.169. The van der Waals surface area contributed by atoms with Crippen LogP contribution in [0.1, 0.15) is 29.0 Å². The van der Waals surface area contributed by atoms with Crippen molar-refractivity contribution in [2.24, 2.45) is 4.99 Å². The van der Waals surface area contributed by atoms with Crippen molar-refractivity contribution in [3.05, 3.63) is 229 Å². The lowest BCUT2D eigenvalue weighted by Gasteiger charge is -2.32. The third-order valence-electron chi connectivity index (χ3n) is 12.2. The number of nitrogens with one attached hydrogen (secondary N) is 2. The van der Waals surface area contributed by atoms with Crippen LogP contribution in [0.5, 0.6) is 0 Å². The largest absolute Gasteiger partial charge is 0.456 e. The van der Waals surface area contributed by atoms with Crippen molar-refractivity contribution in [3.8, 4) is 44.5 Å². The Morgan fingerprint density at radius 2 is 0.855 bits per heavy atom. The lowest BCUT2D eigenvalue weighted by molar-refractivity contribution is 0.411. The number of benzene rings is 9. The number of rotatable bonds is 7. The van der Waals surface area contributed by atoms with Gasteiger partial charge in [-0.25, -0.2) is 4.99 Å². The number of amidine groups is 1. The topological polar surface area (TPSA) is 62.7 Å². The molecule has 3 heterocycles. The molecule has 0 radical (unpaired) electrons. The summed E-state index contributed by atoms with van der Waals surface area (Å²) in [5.74, 6) is 0.831. The summed E-state index contributed by atoms with van der Waals surface area (Å²) >= 11 is 0. The Morgan fingerprint density at radius 1 is 0.371 bits per heavy atom. The smallest absolute Gasteiger partial charge is 0.136 e. The number of hydrogen-bond acceptors (Lipinski definition) is 5. The van der Waals surface area contributed by atoms with Gasteiger partial charge in [-0.15, -0.1) is 0 Å². The second-order valence-electron chi connectivity index (χ2n) is 15.9. The predicted octanol–water partition coefficient (Wildman–Crippen LogP) is 14.5. The Kier molecular flexibility index (Phi) is 8.65. The minimum absolute atomic E-state index is 0.268. The summed E-state index contributed by atoms with van der Waals surface area (Å²) in [4.78, 5) is 5.24. The van der Waals surface area contributed by atoms with Gasteiger partial charge in [-0.1, -0.05) is 176 Å². The van der Waals surface area contributed by atoms with Gasteiger partial charge in [-0.05, 0) is 86.5 Å². The molecule has 0 fully saturated rings. The fourth-order valence-electron chi connectivity index (χ4n) is 9.12. The first-order chi connectivity index (χ1) is 30.7. The molecule has 0 bridgehead atoms. The number of hydrogen-bond donors (Lipinski definition) is 2. The minimum Gasteiger partial charge on any atom is -0.456 e. The van der Waals surface area contributed by atoms with Crippen LogP contribution in [0.2, 0.25) is 0 Å². The van der Waals surface area contributed by atoms with Gasteiger partial charge in [0.15, 0.2) is 0 Å². The zero-order chi connectivity index (χ0) is 41.0. The maximum absolute atomic E-state index is 6.59. The number of nitrogens with zero attached hydrogens (tertiary/aromatic N) is 1. The molecule has 0 saturated carbocycles. The van der Waals surface area contributed by atoms with Crippen LogP contribution < -0.4 is 10.6 Å². The molecule has 12 rings (SSSR count). The SMILES string of the molecule is c1ccc(-c2ccc(C3=NC(c4ccccc4)NC(c4cccc5oc6ccc(-c7cccc8oc9ccc(-c%10ccc(-c%11ccccc%11)cc%10)cc9c78)cc6c45)N3)cc2)cc1. The molecule has 2 N–H and O–H groups in total. The molecule has 2 unspecified atom stereocenters. The molecular formula is C57H39N3O2. The summed E-state index contributed by atoms with van der Waals surface area (Å²) in [6, 6.07) is 74.6. The molecular weight excluding hydrogens is 759 g/mol.